The fourth-order valence-corrected chi connectivity index (χ4v) is 3.59. The van der Waals surface area contributed by atoms with Crippen molar-refractivity contribution < 1.29 is 5.11 Å². The van der Waals surface area contributed by atoms with E-state index in [4.69, 9.17) is 0 Å². The van der Waals surface area contributed by atoms with Crippen molar-refractivity contribution in [1.29, 1.82) is 0 Å². The van der Waals surface area contributed by atoms with Crippen LogP contribution in [0.2, 0.25) is 0 Å². The van der Waals surface area contributed by atoms with E-state index in [-0.39, 0.29) is 0 Å². The molecule has 0 fully saturated rings. The van der Waals surface area contributed by atoms with E-state index in [1.54, 1.807) is 0 Å². The zero-order chi connectivity index (χ0) is 20.8. The molecule has 29 heavy (non-hydrogen) atoms. The summed E-state index contributed by atoms with van der Waals surface area (Å²) in [5.74, 6) is 0.890. The Labute approximate surface area is 175 Å². The van der Waals surface area contributed by atoms with E-state index in [1.807, 2.05) is 36.4 Å². The van der Waals surface area contributed by atoms with E-state index in [9.17, 15) is 5.11 Å². The molecule has 3 aromatic carbocycles. The van der Waals surface area contributed by atoms with Crippen molar-refractivity contribution >= 4 is 23.3 Å². The third-order valence-electron chi connectivity index (χ3n) is 5.07. The van der Waals surface area contributed by atoms with Crippen LogP contribution in [0.3, 0.4) is 0 Å². The third kappa shape index (κ3) is 5.48. The minimum absolute atomic E-state index is 0.336. The van der Waals surface area contributed by atoms with Gasteiger partial charge in [-0.25, -0.2) is 0 Å². The second kappa shape index (κ2) is 9.43. The van der Waals surface area contributed by atoms with Crippen LogP contribution in [0.25, 0.3) is 23.3 Å². The predicted molar refractivity (Wildman–Crippen MR) is 127 cm³/mol. The second-order valence-electron chi connectivity index (χ2n) is 8.11. The van der Waals surface area contributed by atoms with E-state index in [2.05, 4.69) is 76.2 Å². The Balaban J connectivity index is 2.08. The van der Waals surface area contributed by atoms with Gasteiger partial charge < -0.3 is 5.11 Å². The summed E-state index contributed by atoms with van der Waals surface area (Å²) in [7, 11) is 0. The van der Waals surface area contributed by atoms with Gasteiger partial charge in [-0.2, -0.15) is 0 Å². The Hall–Kier alpha value is -3.06. The SMILES string of the molecule is CC(=Cc1cc(CC(C)C)cc(C=C(C)c2ccccc2)c1O)c1ccccc1. The molecule has 3 rings (SSSR count). The van der Waals surface area contributed by atoms with Crippen molar-refractivity contribution in [3.8, 4) is 5.75 Å². The Morgan fingerprint density at radius 1 is 0.759 bits per heavy atom. The first-order chi connectivity index (χ1) is 13.9. The fraction of sp³-hybridized carbons (Fsp3) is 0.214. The molecule has 0 aliphatic heterocycles. The van der Waals surface area contributed by atoms with Crippen LogP contribution in [0.1, 0.15) is 55.5 Å². The van der Waals surface area contributed by atoms with Crippen LogP contribution >= 0.6 is 0 Å². The number of phenolic OH excluding ortho intramolecular Hbond substituents is 1. The molecular weight excluding hydrogens is 352 g/mol. The minimum atomic E-state index is 0.336. The van der Waals surface area contributed by atoms with E-state index >= 15 is 0 Å². The molecule has 0 radical (unpaired) electrons. The molecule has 1 heteroatoms. The molecule has 3 aromatic rings. The molecule has 1 N–H and O–H groups in total. The fourth-order valence-electron chi connectivity index (χ4n) is 3.59. The van der Waals surface area contributed by atoms with Gasteiger partial charge in [0.1, 0.15) is 5.75 Å². The Kier molecular flexibility index (Phi) is 6.72. The smallest absolute Gasteiger partial charge is 0.130 e. The lowest BCUT2D eigenvalue weighted by molar-refractivity contribution is 0.472. The van der Waals surface area contributed by atoms with Crippen molar-refractivity contribution in [3.63, 3.8) is 0 Å². The zero-order valence-electron chi connectivity index (χ0n) is 17.8. The number of aromatic hydroxyl groups is 1. The molecule has 0 aliphatic rings. The van der Waals surface area contributed by atoms with Crippen molar-refractivity contribution in [3.05, 3.63) is 101 Å². The van der Waals surface area contributed by atoms with Gasteiger partial charge in [-0.1, -0.05) is 74.5 Å². The highest BCUT2D eigenvalue weighted by Crippen LogP contribution is 2.32. The lowest BCUT2D eigenvalue weighted by Crippen LogP contribution is -1.96. The molecule has 0 unspecified atom stereocenters. The lowest BCUT2D eigenvalue weighted by Gasteiger charge is -2.13. The summed E-state index contributed by atoms with van der Waals surface area (Å²) < 4.78 is 0. The highest BCUT2D eigenvalue weighted by molar-refractivity contribution is 5.87. The van der Waals surface area contributed by atoms with Crippen LogP contribution in [-0.4, -0.2) is 5.11 Å². The van der Waals surface area contributed by atoms with Crippen molar-refractivity contribution in [2.24, 2.45) is 5.92 Å². The predicted octanol–water partition coefficient (Wildman–Crippen LogP) is 7.71. The first-order valence-electron chi connectivity index (χ1n) is 10.3. The number of rotatable bonds is 6. The van der Waals surface area contributed by atoms with Crippen molar-refractivity contribution in [1.82, 2.24) is 0 Å². The third-order valence-corrected chi connectivity index (χ3v) is 5.07. The molecule has 0 saturated carbocycles. The zero-order valence-corrected chi connectivity index (χ0v) is 17.8. The first-order valence-corrected chi connectivity index (χ1v) is 10.3. The van der Waals surface area contributed by atoms with E-state index in [0.717, 1.165) is 28.7 Å². The quantitative estimate of drug-likeness (QED) is 0.433. The number of phenols is 1. The number of hydrogen-bond donors (Lipinski definition) is 1. The normalized spacial score (nSPS) is 12.4. The number of allylic oxidation sites excluding steroid dienone is 2. The maximum Gasteiger partial charge on any atom is 0.130 e. The summed E-state index contributed by atoms with van der Waals surface area (Å²) in [5, 5.41) is 11.0. The average molecular weight is 383 g/mol. The van der Waals surface area contributed by atoms with Crippen LogP contribution in [0.5, 0.6) is 5.75 Å². The molecule has 0 aromatic heterocycles. The summed E-state index contributed by atoms with van der Waals surface area (Å²) in [6, 6.07) is 24.8. The first kappa shape index (κ1) is 20.7. The number of hydrogen-bond acceptors (Lipinski definition) is 1. The van der Waals surface area contributed by atoms with Crippen LogP contribution in [-0.2, 0) is 6.42 Å². The van der Waals surface area contributed by atoms with Crippen molar-refractivity contribution in [2.45, 2.75) is 34.1 Å². The monoisotopic (exact) mass is 382 g/mol. The molecule has 148 valence electrons. The Morgan fingerprint density at radius 3 is 1.55 bits per heavy atom. The lowest BCUT2D eigenvalue weighted by atomic mass is 9.94. The summed E-state index contributed by atoms with van der Waals surface area (Å²) in [6.45, 7) is 8.63. The standard InChI is InChI=1S/C28H30O/c1-20(2)15-23-18-26(16-21(3)24-11-7-5-8-12-24)28(29)27(19-23)17-22(4)25-13-9-6-10-14-25/h5-14,16-20,29H,15H2,1-4H3. The molecular formula is C28H30O. The molecule has 0 spiro atoms. The van der Waals surface area contributed by atoms with Crippen LogP contribution in [0, 0.1) is 5.92 Å². The molecule has 0 atom stereocenters. The second-order valence-corrected chi connectivity index (χ2v) is 8.11. The van der Waals surface area contributed by atoms with Gasteiger partial charge in [-0.3, -0.25) is 0 Å². The van der Waals surface area contributed by atoms with Gasteiger partial charge in [0, 0.05) is 11.1 Å². The Morgan fingerprint density at radius 2 is 1.17 bits per heavy atom. The highest BCUT2D eigenvalue weighted by atomic mass is 16.3. The van der Waals surface area contributed by atoms with Gasteiger partial charge >= 0.3 is 0 Å². The maximum atomic E-state index is 11.0. The van der Waals surface area contributed by atoms with E-state index in [0.29, 0.717) is 11.7 Å². The van der Waals surface area contributed by atoms with Crippen LogP contribution in [0.4, 0.5) is 0 Å². The molecule has 0 saturated heterocycles. The van der Waals surface area contributed by atoms with Crippen molar-refractivity contribution in [2.75, 3.05) is 0 Å². The summed E-state index contributed by atoms with van der Waals surface area (Å²) in [5.41, 5.74) is 7.59. The van der Waals surface area contributed by atoms with Gasteiger partial charge in [0.15, 0.2) is 0 Å². The maximum absolute atomic E-state index is 11.0. The largest absolute Gasteiger partial charge is 0.507 e. The summed E-state index contributed by atoms with van der Waals surface area (Å²) >= 11 is 0. The molecule has 0 heterocycles. The molecule has 0 bridgehead atoms. The van der Waals surface area contributed by atoms with Gasteiger partial charge in [-0.15, -0.1) is 0 Å². The van der Waals surface area contributed by atoms with E-state index < -0.39 is 0 Å². The number of benzene rings is 3. The molecule has 0 amide bonds. The Bertz CT molecular complexity index is 932. The van der Waals surface area contributed by atoms with Gasteiger partial charge in [-0.05, 0) is 78.3 Å². The average Bonchev–Trinajstić information content (AvgIpc) is 2.72. The van der Waals surface area contributed by atoms with Crippen LogP contribution < -0.4 is 0 Å². The topological polar surface area (TPSA) is 20.2 Å². The minimum Gasteiger partial charge on any atom is -0.507 e. The summed E-state index contributed by atoms with van der Waals surface area (Å²) in [4.78, 5) is 0. The van der Waals surface area contributed by atoms with Crippen LogP contribution in [0.15, 0.2) is 72.8 Å². The van der Waals surface area contributed by atoms with Gasteiger partial charge in [0.05, 0.1) is 0 Å². The van der Waals surface area contributed by atoms with Gasteiger partial charge in [0.25, 0.3) is 0 Å². The van der Waals surface area contributed by atoms with E-state index in [1.165, 1.54) is 16.7 Å². The molecule has 0 aliphatic carbocycles. The highest BCUT2D eigenvalue weighted by Gasteiger charge is 2.10. The summed E-state index contributed by atoms with van der Waals surface area (Å²) in [6.07, 6.45) is 5.16. The van der Waals surface area contributed by atoms with Gasteiger partial charge in [0.2, 0.25) is 0 Å². The molecule has 1 nitrogen and oxygen atoms in total.